The van der Waals surface area contributed by atoms with Crippen LogP contribution >= 0.6 is 0 Å². The average molecular weight is 287 g/mol. The van der Waals surface area contributed by atoms with Gasteiger partial charge in [-0.05, 0) is 25.1 Å². The summed E-state index contributed by atoms with van der Waals surface area (Å²) in [6.07, 6.45) is 1.65. The fourth-order valence-corrected chi connectivity index (χ4v) is 2.15. The zero-order chi connectivity index (χ0) is 15.0. The van der Waals surface area contributed by atoms with Crippen LogP contribution in [0.4, 0.5) is 0 Å². The maximum atomic E-state index is 12.1. The van der Waals surface area contributed by atoms with E-state index in [9.17, 15) is 9.59 Å². The standard InChI is InChI=1S/C14H13N3O4/c1-9-11(13(18)20-2)7-10(21-9)8-17-14(19)16-6-4-3-5-12(16)15-17/h3-7H,8H2,1-2H3. The number of carbonyl (C=O) groups is 1. The molecule has 0 atom stereocenters. The monoisotopic (exact) mass is 287 g/mol. The van der Waals surface area contributed by atoms with Crippen LogP contribution in [0.1, 0.15) is 21.9 Å². The molecule has 3 rings (SSSR count). The van der Waals surface area contributed by atoms with E-state index in [0.29, 0.717) is 22.7 Å². The van der Waals surface area contributed by atoms with Crippen LogP contribution in [0.2, 0.25) is 0 Å². The molecule has 0 aliphatic carbocycles. The van der Waals surface area contributed by atoms with Gasteiger partial charge in [-0.2, -0.15) is 0 Å². The predicted octanol–water partition coefficient (Wildman–Crippen LogP) is 1.23. The van der Waals surface area contributed by atoms with Crippen molar-refractivity contribution in [1.82, 2.24) is 14.2 Å². The van der Waals surface area contributed by atoms with Crippen LogP contribution in [-0.2, 0) is 11.3 Å². The Morgan fingerprint density at radius 3 is 2.95 bits per heavy atom. The van der Waals surface area contributed by atoms with Crippen molar-refractivity contribution in [2.45, 2.75) is 13.5 Å². The molecule has 21 heavy (non-hydrogen) atoms. The Hall–Kier alpha value is -2.83. The van der Waals surface area contributed by atoms with Gasteiger partial charge in [0.2, 0.25) is 0 Å². The van der Waals surface area contributed by atoms with Gasteiger partial charge in [0, 0.05) is 6.20 Å². The number of aryl methyl sites for hydroxylation is 1. The molecule has 3 aromatic rings. The normalized spacial score (nSPS) is 11.0. The Kier molecular flexibility index (Phi) is 3.09. The molecule has 0 unspecified atom stereocenters. The van der Waals surface area contributed by atoms with E-state index in [1.54, 1.807) is 37.4 Å². The van der Waals surface area contributed by atoms with Gasteiger partial charge in [0.15, 0.2) is 5.65 Å². The summed E-state index contributed by atoms with van der Waals surface area (Å²) in [5.41, 5.74) is 0.641. The molecule has 0 amide bonds. The number of pyridine rings is 1. The number of esters is 1. The summed E-state index contributed by atoms with van der Waals surface area (Å²) in [7, 11) is 1.31. The molecule has 3 aromatic heterocycles. The molecular weight excluding hydrogens is 274 g/mol. The first-order chi connectivity index (χ1) is 10.1. The van der Waals surface area contributed by atoms with Crippen molar-refractivity contribution in [2.24, 2.45) is 0 Å². The molecular formula is C14H13N3O4. The highest BCUT2D eigenvalue weighted by atomic mass is 16.5. The topological polar surface area (TPSA) is 78.7 Å². The third kappa shape index (κ3) is 2.22. The number of aromatic nitrogens is 3. The molecule has 0 aliphatic heterocycles. The number of rotatable bonds is 3. The molecule has 0 aromatic carbocycles. The third-order valence-corrected chi connectivity index (χ3v) is 3.17. The van der Waals surface area contributed by atoms with Crippen molar-refractivity contribution in [3.63, 3.8) is 0 Å². The van der Waals surface area contributed by atoms with E-state index in [2.05, 4.69) is 9.84 Å². The van der Waals surface area contributed by atoms with Gasteiger partial charge in [-0.1, -0.05) is 6.07 Å². The van der Waals surface area contributed by atoms with Crippen molar-refractivity contribution in [1.29, 1.82) is 0 Å². The van der Waals surface area contributed by atoms with Gasteiger partial charge in [-0.15, -0.1) is 5.10 Å². The number of hydrogen-bond donors (Lipinski definition) is 0. The smallest absolute Gasteiger partial charge is 0.350 e. The third-order valence-electron chi connectivity index (χ3n) is 3.17. The number of hydrogen-bond acceptors (Lipinski definition) is 5. The van der Waals surface area contributed by atoms with Gasteiger partial charge in [0.05, 0.1) is 7.11 Å². The summed E-state index contributed by atoms with van der Waals surface area (Å²) in [6, 6.07) is 6.87. The Morgan fingerprint density at radius 1 is 1.43 bits per heavy atom. The molecule has 0 fully saturated rings. The Morgan fingerprint density at radius 2 is 2.24 bits per heavy atom. The molecule has 7 nitrogen and oxygen atoms in total. The highest BCUT2D eigenvalue weighted by Gasteiger charge is 2.16. The van der Waals surface area contributed by atoms with Crippen molar-refractivity contribution < 1.29 is 13.9 Å². The fourth-order valence-electron chi connectivity index (χ4n) is 2.15. The Bertz CT molecular complexity index is 872. The molecule has 3 heterocycles. The van der Waals surface area contributed by atoms with Crippen molar-refractivity contribution in [3.05, 3.63) is 58.0 Å². The first kappa shape index (κ1) is 13.2. The van der Waals surface area contributed by atoms with Crippen LogP contribution in [-0.4, -0.2) is 27.3 Å². The fraction of sp³-hybridized carbons (Fsp3) is 0.214. The number of furan rings is 1. The second kappa shape index (κ2) is 4.93. The van der Waals surface area contributed by atoms with Crippen LogP contribution < -0.4 is 5.69 Å². The van der Waals surface area contributed by atoms with Crippen LogP contribution in [0.3, 0.4) is 0 Å². The first-order valence-corrected chi connectivity index (χ1v) is 6.32. The molecule has 0 saturated heterocycles. The average Bonchev–Trinajstić information content (AvgIpc) is 3.00. The van der Waals surface area contributed by atoms with Gasteiger partial charge in [0.25, 0.3) is 0 Å². The summed E-state index contributed by atoms with van der Waals surface area (Å²) >= 11 is 0. The number of nitrogens with zero attached hydrogens (tertiary/aromatic N) is 3. The van der Waals surface area contributed by atoms with Gasteiger partial charge >= 0.3 is 11.7 Å². The zero-order valence-electron chi connectivity index (χ0n) is 11.6. The lowest BCUT2D eigenvalue weighted by Crippen LogP contribution is -2.21. The van der Waals surface area contributed by atoms with Crippen LogP contribution in [0, 0.1) is 6.92 Å². The zero-order valence-corrected chi connectivity index (χ0v) is 11.6. The van der Waals surface area contributed by atoms with E-state index >= 15 is 0 Å². The molecule has 0 spiro atoms. The first-order valence-electron chi connectivity index (χ1n) is 6.32. The van der Waals surface area contributed by atoms with E-state index in [1.807, 2.05) is 0 Å². The van der Waals surface area contributed by atoms with Crippen molar-refractivity contribution in [2.75, 3.05) is 7.11 Å². The Balaban J connectivity index is 1.97. The summed E-state index contributed by atoms with van der Waals surface area (Å²) in [5.74, 6) is 0.455. The minimum absolute atomic E-state index is 0.151. The Labute approximate surface area is 119 Å². The largest absolute Gasteiger partial charge is 0.465 e. The minimum Gasteiger partial charge on any atom is -0.465 e. The maximum Gasteiger partial charge on any atom is 0.350 e. The highest BCUT2D eigenvalue weighted by molar-refractivity contribution is 5.90. The molecule has 0 saturated carbocycles. The predicted molar refractivity (Wildman–Crippen MR) is 73.3 cm³/mol. The lowest BCUT2D eigenvalue weighted by molar-refractivity contribution is 0.0599. The van der Waals surface area contributed by atoms with Crippen molar-refractivity contribution >= 4 is 11.6 Å². The molecule has 108 valence electrons. The maximum absolute atomic E-state index is 12.1. The lowest BCUT2D eigenvalue weighted by atomic mass is 10.2. The molecule has 7 heteroatoms. The van der Waals surface area contributed by atoms with E-state index < -0.39 is 5.97 Å². The number of fused-ring (bicyclic) bond motifs is 1. The summed E-state index contributed by atoms with van der Waals surface area (Å²) in [5, 5.41) is 4.20. The van der Waals surface area contributed by atoms with Crippen molar-refractivity contribution in [3.8, 4) is 0 Å². The van der Waals surface area contributed by atoms with E-state index in [-0.39, 0.29) is 12.2 Å². The molecule has 0 radical (unpaired) electrons. The van der Waals surface area contributed by atoms with Gasteiger partial charge in [-0.25, -0.2) is 14.3 Å². The lowest BCUT2D eigenvalue weighted by Gasteiger charge is -1.94. The quantitative estimate of drug-likeness (QED) is 0.677. The molecule has 0 aliphatic rings. The van der Waals surface area contributed by atoms with E-state index in [4.69, 9.17) is 4.42 Å². The van der Waals surface area contributed by atoms with Gasteiger partial charge in [0.1, 0.15) is 23.6 Å². The second-order valence-corrected chi connectivity index (χ2v) is 4.54. The van der Waals surface area contributed by atoms with Crippen LogP contribution in [0.25, 0.3) is 5.65 Å². The van der Waals surface area contributed by atoms with Gasteiger partial charge < -0.3 is 9.15 Å². The molecule has 0 bridgehead atoms. The van der Waals surface area contributed by atoms with E-state index in [0.717, 1.165) is 0 Å². The number of carbonyl (C=O) groups excluding carboxylic acids is 1. The minimum atomic E-state index is -0.468. The van der Waals surface area contributed by atoms with Gasteiger partial charge in [-0.3, -0.25) is 4.40 Å². The number of methoxy groups -OCH3 is 1. The second-order valence-electron chi connectivity index (χ2n) is 4.54. The summed E-state index contributed by atoms with van der Waals surface area (Å²) in [6.45, 7) is 1.82. The van der Waals surface area contributed by atoms with Crippen LogP contribution in [0.15, 0.2) is 39.7 Å². The summed E-state index contributed by atoms with van der Waals surface area (Å²) < 4.78 is 12.9. The van der Waals surface area contributed by atoms with E-state index in [1.165, 1.54) is 16.2 Å². The van der Waals surface area contributed by atoms with Crippen LogP contribution in [0.5, 0.6) is 0 Å². The molecule has 0 N–H and O–H groups in total. The highest BCUT2D eigenvalue weighted by Crippen LogP contribution is 2.16. The SMILES string of the molecule is COC(=O)c1cc(Cn2nc3ccccn3c2=O)oc1C. The number of ether oxygens (including phenoxy) is 1. The summed E-state index contributed by atoms with van der Waals surface area (Å²) in [4.78, 5) is 23.7.